The molecule has 47 heavy (non-hydrogen) atoms. The standard InChI is InChI=1S/C42H35N5/c1-2-39-43-37-18-9-10-19-38(37)47(39)36-26-24-30(25-27-36)29-20-22-31(23-21-29)34-16-11-17-35(28-34)42-45-40(32-12-5-3-6-13-32)44-41(46-42)33-14-7-4-8-15-33/h3-28,39,42-43H,2H2,1H3,(H,44,45,46). The molecule has 0 amide bonds. The molecule has 2 aliphatic rings. The van der Waals surface area contributed by atoms with E-state index in [2.05, 4.69) is 144 Å². The molecule has 2 atom stereocenters. The van der Waals surface area contributed by atoms with E-state index in [0.717, 1.165) is 45.9 Å². The minimum atomic E-state index is -0.263. The van der Waals surface area contributed by atoms with Gasteiger partial charge in [0.05, 0.1) is 11.4 Å². The normalized spacial score (nSPS) is 16.8. The second kappa shape index (κ2) is 12.5. The maximum absolute atomic E-state index is 5.06. The Morgan fingerprint density at radius 1 is 0.553 bits per heavy atom. The van der Waals surface area contributed by atoms with Gasteiger partial charge in [-0.25, -0.2) is 9.98 Å². The first kappa shape index (κ1) is 28.5. The first-order valence-electron chi connectivity index (χ1n) is 16.2. The van der Waals surface area contributed by atoms with Gasteiger partial charge in [0.15, 0.2) is 5.84 Å². The molecule has 0 aliphatic carbocycles. The van der Waals surface area contributed by atoms with Gasteiger partial charge in [-0.05, 0) is 64.6 Å². The van der Waals surface area contributed by atoms with Crippen LogP contribution in [0.1, 0.15) is 36.2 Å². The van der Waals surface area contributed by atoms with Gasteiger partial charge in [0.2, 0.25) is 0 Å². The minimum Gasteiger partial charge on any atom is -0.363 e. The second-order valence-electron chi connectivity index (χ2n) is 11.9. The Hall–Kier alpha value is -5.94. The van der Waals surface area contributed by atoms with Crippen molar-refractivity contribution in [2.24, 2.45) is 9.98 Å². The molecule has 0 spiro atoms. The van der Waals surface area contributed by atoms with E-state index < -0.39 is 0 Å². The molecule has 0 fully saturated rings. The predicted octanol–water partition coefficient (Wildman–Crippen LogP) is 9.82. The largest absolute Gasteiger partial charge is 0.363 e. The molecule has 228 valence electrons. The quantitative estimate of drug-likeness (QED) is 0.189. The van der Waals surface area contributed by atoms with E-state index in [1.165, 1.54) is 28.2 Å². The fourth-order valence-electron chi connectivity index (χ4n) is 6.46. The zero-order chi connectivity index (χ0) is 31.6. The lowest BCUT2D eigenvalue weighted by Gasteiger charge is -2.26. The molecule has 2 aliphatic heterocycles. The van der Waals surface area contributed by atoms with Crippen LogP contribution in [0, 0.1) is 0 Å². The Balaban J connectivity index is 1.04. The minimum absolute atomic E-state index is 0.255. The topological polar surface area (TPSA) is 52.0 Å². The lowest BCUT2D eigenvalue weighted by atomic mass is 9.98. The Morgan fingerprint density at radius 2 is 1.15 bits per heavy atom. The van der Waals surface area contributed by atoms with Gasteiger partial charge in [0, 0.05) is 16.8 Å². The smallest absolute Gasteiger partial charge is 0.159 e. The van der Waals surface area contributed by atoms with Crippen LogP contribution in [0.5, 0.6) is 0 Å². The van der Waals surface area contributed by atoms with Crippen LogP contribution in [0.3, 0.4) is 0 Å². The number of nitrogens with zero attached hydrogens (tertiary/aromatic N) is 3. The Bertz CT molecular complexity index is 2070. The lowest BCUT2D eigenvalue weighted by Crippen LogP contribution is -2.33. The summed E-state index contributed by atoms with van der Waals surface area (Å²) in [5.74, 6) is 1.55. The van der Waals surface area contributed by atoms with E-state index in [0.29, 0.717) is 0 Å². The van der Waals surface area contributed by atoms with Crippen LogP contribution >= 0.6 is 0 Å². The molecule has 0 saturated carbocycles. The van der Waals surface area contributed by atoms with Crippen LogP contribution in [0.2, 0.25) is 0 Å². The van der Waals surface area contributed by atoms with Crippen molar-refractivity contribution in [2.45, 2.75) is 25.7 Å². The highest BCUT2D eigenvalue weighted by Crippen LogP contribution is 2.41. The summed E-state index contributed by atoms with van der Waals surface area (Å²) >= 11 is 0. The van der Waals surface area contributed by atoms with Gasteiger partial charge >= 0.3 is 0 Å². The molecule has 5 heteroatoms. The lowest BCUT2D eigenvalue weighted by molar-refractivity contribution is 0.674. The van der Waals surface area contributed by atoms with Crippen LogP contribution in [0.25, 0.3) is 22.3 Å². The van der Waals surface area contributed by atoms with Crippen LogP contribution in [0.4, 0.5) is 17.1 Å². The first-order chi connectivity index (χ1) is 23.2. The van der Waals surface area contributed by atoms with Crippen LogP contribution < -0.4 is 15.5 Å². The highest BCUT2D eigenvalue weighted by atomic mass is 15.3. The van der Waals surface area contributed by atoms with E-state index >= 15 is 0 Å². The van der Waals surface area contributed by atoms with E-state index in [1.807, 2.05) is 36.4 Å². The summed E-state index contributed by atoms with van der Waals surface area (Å²) in [6.07, 6.45) is 1.00. The molecule has 0 bridgehead atoms. The summed E-state index contributed by atoms with van der Waals surface area (Å²) in [4.78, 5) is 12.4. The molecule has 2 heterocycles. The molecule has 8 rings (SSSR count). The van der Waals surface area contributed by atoms with Crippen LogP contribution in [-0.2, 0) is 0 Å². The number of fused-ring (bicyclic) bond motifs is 1. The van der Waals surface area contributed by atoms with Crippen molar-refractivity contribution < 1.29 is 0 Å². The number of rotatable bonds is 7. The monoisotopic (exact) mass is 609 g/mol. The number of para-hydroxylation sites is 2. The van der Waals surface area contributed by atoms with Crippen molar-refractivity contribution in [3.05, 3.63) is 174 Å². The zero-order valence-corrected chi connectivity index (χ0v) is 26.2. The summed E-state index contributed by atoms with van der Waals surface area (Å²) in [7, 11) is 0. The number of aliphatic imine (C=N–C) groups is 2. The van der Waals surface area contributed by atoms with Crippen molar-refractivity contribution in [2.75, 3.05) is 10.2 Å². The molecule has 0 aromatic heterocycles. The van der Waals surface area contributed by atoms with Crippen molar-refractivity contribution >= 4 is 28.7 Å². The maximum atomic E-state index is 5.06. The van der Waals surface area contributed by atoms with Crippen LogP contribution in [0.15, 0.2) is 168 Å². The van der Waals surface area contributed by atoms with Gasteiger partial charge < -0.3 is 15.5 Å². The molecular formula is C42H35N5. The number of hydrogen-bond donors (Lipinski definition) is 2. The number of nitrogens with one attached hydrogen (secondary N) is 2. The van der Waals surface area contributed by atoms with Crippen molar-refractivity contribution in [1.82, 2.24) is 5.32 Å². The summed E-state index contributed by atoms with van der Waals surface area (Å²) in [6.45, 7) is 2.22. The van der Waals surface area contributed by atoms with E-state index in [4.69, 9.17) is 9.98 Å². The van der Waals surface area contributed by atoms with Gasteiger partial charge in [-0.15, -0.1) is 0 Å². The van der Waals surface area contributed by atoms with Gasteiger partial charge in [0.25, 0.3) is 0 Å². The average molecular weight is 610 g/mol. The number of hydrogen-bond acceptors (Lipinski definition) is 5. The third-order valence-electron chi connectivity index (χ3n) is 8.91. The highest BCUT2D eigenvalue weighted by molar-refractivity contribution is 6.13. The summed E-state index contributed by atoms with van der Waals surface area (Å²) in [6, 6.07) is 55.3. The first-order valence-corrected chi connectivity index (χ1v) is 16.2. The molecule has 2 unspecified atom stereocenters. The third-order valence-corrected chi connectivity index (χ3v) is 8.91. The average Bonchev–Trinajstić information content (AvgIpc) is 3.54. The zero-order valence-electron chi connectivity index (χ0n) is 26.2. The summed E-state index contributed by atoms with van der Waals surface area (Å²) in [5.41, 5.74) is 11.4. The number of benzene rings is 6. The van der Waals surface area contributed by atoms with E-state index in [1.54, 1.807) is 0 Å². The third kappa shape index (κ3) is 5.68. The Labute approximate surface area is 276 Å². The molecule has 6 aromatic rings. The fourth-order valence-corrected chi connectivity index (χ4v) is 6.46. The Morgan fingerprint density at radius 3 is 1.85 bits per heavy atom. The Kier molecular flexibility index (Phi) is 7.56. The van der Waals surface area contributed by atoms with E-state index in [-0.39, 0.29) is 12.3 Å². The molecule has 0 saturated heterocycles. The second-order valence-corrected chi connectivity index (χ2v) is 11.9. The van der Waals surface area contributed by atoms with Crippen LogP contribution in [-0.4, -0.2) is 17.8 Å². The predicted molar refractivity (Wildman–Crippen MR) is 195 cm³/mol. The molecule has 6 aromatic carbocycles. The summed E-state index contributed by atoms with van der Waals surface area (Å²) < 4.78 is 0. The molecule has 2 N–H and O–H groups in total. The summed E-state index contributed by atoms with van der Waals surface area (Å²) in [5, 5.41) is 7.24. The van der Waals surface area contributed by atoms with Crippen molar-refractivity contribution in [3.8, 4) is 22.3 Å². The molecular weight excluding hydrogens is 574 g/mol. The van der Waals surface area contributed by atoms with Crippen molar-refractivity contribution in [3.63, 3.8) is 0 Å². The fraction of sp³-hybridized carbons (Fsp3) is 0.0952. The van der Waals surface area contributed by atoms with Gasteiger partial charge in [-0.3, -0.25) is 0 Å². The highest BCUT2D eigenvalue weighted by Gasteiger charge is 2.28. The molecule has 0 radical (unpaired) electrons. The van der Waals surface area contributed by atoms with Gasteiger partial charge in [-0.1, -0.05) is 134 Å². The maximum Gasteiger partial charge on any atom is 0.159 e. The molecule has 5 nitrogen and oxygen atoms in total. The van der Waals surface area contributed by atoms with Gasteiger partial charge in [-0.2, -0.15) is 0 Å². The van der Waals surface area contributed by atoms with Crippen molar-refractivity contribution in [1.29, 1.82) is 0 Å². The SMILES string of the molecule is CCC1Nc2ccccc2N1c1ccc(-c2ccc(-c3cccc(C4N=C(c5ccccc5)N=C(c5ccccc5)N4)c3)cc2)cc1. The number of anilines is 3. The van der Waals surface area contributed by atoms with Gasteiger partial charge in [0.1, 0.15) is 18.2 Å². The van der Waals surface area contributed by atoms with E-state index in [9.17, 15) is 0 Å². The number of amidine groups is 2.